The van der Waals surface area contributed by atoms with E-state index < -0.39 is 16.1 Å². The number of amides is 1. The summed E-state index contributed by atoms with van der Waals surface area (Å²) in [5, 5.41) is 10.4. The molecule has 0 aromatic heterocycles. The van der Waals surface area contributed by atoms with E-state index in [9.17, 15) is 18.4 Å². The van der Waals surface area contributed by atoms with Gasteiger partial charge in [-0.1, -0.05) is 54.6 Å². The molecule has 1 saturated heterocycles. The van der Waals surface area contributed by atoms with Crippen LogP contribution in [0.25, 0.3) is 0 Å². The number of carbonyl (C=O) groups excluding carboxylic acids is 1. The maximum Gasteiger partial charge on any atom is 0.233 e. The van der Waals surface area contributed by atoms with Crippen LogP contribution in [-0.4, -0.2) is 54.3 Å². The van der Waals surface area contributed by atoms with Crippen molar-refractivity contribution in [2.24, 2.45) is 0 Å². The second-order valence-corrected chi connectivity index (χ2v) is 9.54. The number of hydroxylamine groups is 2. The first-order valence-corrected chi connectivity index (χ1v) is 11.6. The molecule has 1 aliphatic rings. The molecular weight excluding hydrogens is 404 g/mol. The van der Waals surface area contributed by atoms with E-state index in [0.717, 1.165) is 5.56 Å². The molecule has 0 bridgehead atoms. The first-order valence-electron chi connectivity index (χ1n) is 10.0. The molecule has 1 amide bonds. The van der Waals surface area contributed by atoms with Crippen molar-refractivity contribution in [3.63, 3.8) is 0 Å². The van der Waals surface area contributed by atoms with Gasteiger partial charge in [0.05, 0.1) is 24.5 Å². The molecule has 1 atom stereocenters. The van der Waals surface area contributed by atoms with Crippen LogP contribution in [0.3, 0.4) is 0 Å². The van der Waals surface area contributed by atoms with Crippen LogP contribution in [0.5, 0.6) is 0 Å². The van der Waals surface area contributed by atoms with Crippen molar-refractivity contribution in [3.8, 4) is 0 Å². The third kappa shape index (κ3) is 5.66. The van der Waals surface area contributed by atoms with E-state index in [0.29, 0.717) is 43.2 Å². The molecule has 1 N–H and O–H groups in total. The molecule has 1 fully saturated rings. The van der Waals surface area contributed by atoms with Gasteiger partial charge in [0.1, 0.15) is 0 Å². The molecule has 3 rings (SSSR count). The number of nitrogens with zero attached hydrogens (tertiary/aromatic N) is 2. The molecule has 0 spiro atoms. The molecular formula is C22H28N2O5S. The van der Waals surface area contributed by atoms with Crippen LogP contribution in [0.15, 0.2) is 54.6 Å². The van der Waals surface area contributed by atoms with E-state index in [-0.39, 0.29) is 18.3 Å². The van der Waals surface area contributed by atoms with Gasteiger partial charge in [-0.3, -0.25) is 10.0 Å². The molecule has 0 radical (unpaired) electrons. The van der Waals surface area contributed by atoms with Crippen LogP contribution in [-0.2, 0) is 26.2 Å². The van der Waals surface area contributed by atoms with Crippen LogP contribution >= 0.6 is 0 Å². The molecule has 1 heterocycles. The maximum atomic E-state index is 13.0. The van der Waals surface area contributed by atoms with E-state index in [2.05, 4.69) is 0 Å². The standard InChI is InChI=1S/C22H28N2O5S/c1-18-7-5-6-10-20(18)15-29-21-11-13-23(14-12-21)30(27,28)16-22(24(26)17-25)19-8-3-2-4-9-19/h2-10,17,21-22,26H,11-16H2,1H3/t22-/m0/s1. The maximum absolute atomic E-state index is 13.0. The van der Waals surface area contributed by atoms with Crippen LogP contribution in [0, 0.1) is 6.92 Å². The lowest BCUT2D eigenvalue weighted by molar-refractivity contribution is -0.159. The molecule has 0 aliphatic carbocycles. The van der Waals surface area contributed by atoms with Gasteiger partial charge in [-0.25, -0.2) is 17.8 Å². The summed E-state index contributed by atoms with van der Waals surface area (Å²) in [5.74, 6) is -0.374. The number of aryl methyl sites for hydroxylation is 1. The third-order valence-electron chi connectivity index (χ3n) is 5.51. The number of hydrogen-bond acceptors (Lipinski definition) is 5. The highest BCUT2D eigenvalue weighted by Crippen LogP contribution is 2.25. The van der Waals surface area contributed by atoms with Crippen molar-refractivity contribution in [1.82, 2.24) is 9.37 Å². The van der Waals surface area contributed by atoms with Gasteiger partial charge in [0.25, 0.3) is 0 Å². The Hall–Kier alpha value is -2.26. The smallest absolute Gasteiger partial charge is 0.233 e. The van der Waals surface area contributed by atoms with Crippen molar-refractivity contribution >= 4 is 16.4 Å². The Labute approximate surface area is 177 Å². The summed E-state index contributed by atoms with van der Waals surface area (Å²) >= 11 is 0. The first kappa shape index (κ1) is 22.4. The van der Waals surface area contributed by atoms with Crippen LogP contribution in [0.2, 0.25) is 0 Å². The lowest BCUT2D eigenvalue weighted by Crippen LogP contribution is -2.44. The van der Waals surface area contributed by atoms with Crippen LogP contribution in [0.4, 0.5) is 0 Å². The second kappa shape index (κ2) is 10.2. The Morgan fingerprint density at radius 1 is 1.13 bits per heavy atom. The minimum atomic E-state index is -3.67. The van der Waals surface area contributed by atoms with Gasteiger partial charge in [0, 0.05) is 13.1 Å². The molecule has 30 heavy (non-hydrogen) atoms. The summed E-state index contributed by atoms with van der Waals surface area (Å²) in [7, 11) is -3.67. The first-order chi connectivity index (χ1) is 14.4. The molecule has 2 aromatic carbocycles. The highest BCUT2D eigenvalue weighted by molar-refractivity contribution is 7.89. The number of benzene rings is 2. The number of carbonyl (C=O) groups is 1. The van der Waals surface area contributed by atoms with Gasteiger partial charge in [0.15, 0.2) is 0 Å². The van der Waals surface area contributed by atoms with E-state index in [1.54, 1.807) is 30.3 Å². The highest BCUT2D eigenvalue weighted by atomic mass is 32.2. The molecule has 8 heteroatoms. The van der Waals surface area contributed by atoms with Crippen LogP contribution < -0.4 is 0 Å². The molecule has 2 aromatic rings. The zero-order valence-corrected chi connectivity index (χ0v) is 17.9. The Morgan fingerprint density at radius 2 is 1.77 bits per heavy atom. The van der Waals surface area contributed by atoms with Gasteiger partial charge < -0.3 is 4.74 Å². The zero-order valence-electron chi connectivity index (χ0n) is 17.1. The fraction of sp³-hybridized carbons (Fsp3) is 0.409. The summed E-state index contributed by atoms with van der Waals surface area (Å²) in [5.41, 5.74) is 2.87. The summed E-state index contributed by atoms with van der Waals surface area (Å²) in [6.07, 6.45) is 1.46. The van der Waals surface area contributed by atoms with Gasteiger partial charge in [-0.2, -0.15) is 0 Å². The molecule has 162 valence electrons. The predicted octanol–water partition coefficient (Wildman–Crippen LogP) is 2.89. The summed E-state index contributed by atoms with van der Waals surface area (Å²) in [6, 6.07) is 15.7. The predicted molar refractivity (Wildman–Crippen MR) is 113 cm³/mol. The van der Waals surface area contributed by atoms with Crippen LogP contribution in [0.1, 0.15) is 35.6 Å². The van der Waals surface area contributed by atoms with E-state index in [4.69, 9.17) is 4.74 Å². The molecule has 7 nitrogen and oxygen atoms in total. The normalized spacial score (nSPS) is 16.9. The van der Waals surface area contributed by atoms with Crippen molar-refractivity contribution in [1.29, 1.82) is 0 Å². The average molecular weight is 433 g/mol. The van der Waals surface area contributed by atoms with Crippen molar-refractivity contribution in [2.45, 2.75) is 38.5 Å². The number of piperidine rings is 1. The monoisotopic (exact) mass is 432 g/mol. The minimum Gasteiger partial charge on any atom is -0.373 e. The Kier molecular flexibility index (Phi) is 7.60. The Morgan fingerprint density at radius 3 is 2.40 bits per heavy atom. The number of ether oxygens (including phenoxy) is 1. The minimum absolute atomic E-state index is 0.00490. The molecule has 0 saturated carbocycles. The van der Waals surface area contributed by atoms with E-state index >= 15 is 0 Å². The average Bonchev–Trinajstić information content (AvgIpc) is 2.77. The number of rotatable bonds is 9. The van der Waals surface area contributed by atoms with Crippen molar-refractivity contribution in [2.75, 3.05) is 18.8 Å². The number of sulfonamides is 1. The second-order valence-electron chi connectivity index (χ2n) is 7.53. The zero-order chi connectivity index (χ0) is 21.6. The van der Waals surface area contributed by atoms with Gasteiger partial charge in [-0.05, 0) is 36.5 Å². The highest BCUT2D eigenvalue weighted by Gasteiger charge is 2.33. The third-order valence-corrected chi connectivity index (χ3v) is 7.40. The SMILES string of the molecule is Cc1ccccc1COC1CCN(S(=O)(=O)C[C@@H](c2ccccc2)N(O)C=O)CC1. The number of hydrogen-bond donors (Lipinski definition) is 1. The lowest BCUT2D eigenvalue weighted by Gasteiger charge is -2.33. The molecule has 0 unspecified atom stereocenters. The van der Waals surface area contributed by atoms with Crippen molar-refractivity contribution in [3.05, 3.63) is 71.3 Å². The van der Waals surface area contributed by atoms with E-state index in [1.807, 2.05) is 31.2 Å². The van der Waals surface area contributed by atoms with Gasteiger partial charge in [-0.15, -0.1) is 0 Å². The largest absolute Gasteiger partial charge is 0.373 e. The Bertz CT molecular complexity index is 928. The summed E-state index contributed by atoms with van der Waals surface area (Å²) in [6.45, 7) is 3.27. The van der Waals surface area contributed by atoms with Gasteiger partial charge in [0.2, 0.25) is 16.4 Å². The molecule has 1 aliphatic heterocycles. The quantitative estimate of drug-likeness (QED) is 0.374. The lowest BCUT2D eigenvalue weighted by atomic mass is 10.1. The Balaban J connectivity index is 1.58. The van der Waals surface area contributed by atoms with Gasteiger partial charge >= 0.3 is 0 Å². The van der Waals surface area contributed by atoms with E-state index in [1.165, 1.54) is 9.87 Å². The summed E-state index contributed by atoms with van der Waals surface area (Å²) in [4.78, 5) is 11.1. The van der Waals surface area contributed by atoms with Crippen molar-refractivity contribution < 1.29 is 23.2 Å². The fourth-order valence-electron chi connectivity index (χ4n) is 3.64. The summed E-state index contributed by atoms with van der Waals surface area (Å²) < 4.78 is 33.3. The topological polar surface area (TPSA) is 87.2 Å². The fourth-order valence-corrected chi connectivity index (χ4v) is 5.36.